The van der Waals surface area contributed by atoms with Gasteiger partial charge in [0.15, 0.2) is 0 Å². The van der Waals surface area contributed by atoms with Crippen LogP contribution in [0.4, 0.5) is 0 Å². The lowest BCUT2D eigenvalue weighted by atomic mass is 10.3. The van der Waals surface area contributed by atoms with Crippen LogP contribution in [-0.2, 0) is 0 Å². The third kappa shape index (κ3) is 4.18. The van der Waals surface area contributed by atoms with Crippen molar-refractivity contribution in [2.75, 3.05) is 18.6 Å². The fourth-order valence-electron chi connectivity index (χ4n) is 1.12. The largest absolute Gasteiger partial charge is 0.452 e. The number of halogens is 1. The highest BCUT2D eigenvalue weighted by molar-refractivity contribution is 7.98. The molecule has 0 fully saturated rings. The first kappa shape index (κ1) is 12.5. The average Bonchev–Trinajstić information content (AvgIpc) is 2.64. The third-order valence-corrected chi connectivity index (χ3v) is 2.91. The van der Waals surface area contributed by atoms with Gasteiger partial charge >= 0.3 is 0 Å². The Morgan fingerprint density at radius 3 is 3.00 bits per heavy atom. The summed E-state index contributed by atoms with van der Waals surface area (Å²) in [5.74, 6) is 0.959. The molecule has 15 heavy (non-hydrogen) atoms. The number of rotatable bonds is 6. The molecule has 3 nitrogen and oxygen atoms in total. The van der Waals surface area contributed by atoms with Crippen LogP contribution < -0.4 is 5.32 Å². The molecule has 0 aromatic carbocycles. The molecule has 0 spiro atoms. The number of unbranched alkanes of at least 4 members (excludes halogenated alkanes) is 1. The van der Waals surface area contributed by atoms with Crippen LogP contribution in [0.5, 0.6) is 0 Å². The van der Waals surface area contributed by atoms with Gasteiger partial charge in [0.2, 0.25) is 5.22 Å². The molecule has 0 unspecified atom stereocenters. The minimum atomic E-state index is -0.169. The first-order valence-corrected chi connectivity index (χ1v) is 6.53. The van der Waals surface area contributed by atoms with Crippen molar-refractivity contribution in [1.29, 1.82) is 0 Å². The van der Waals surface area contributed by atoms with E-state index in [2.05, 4.69) is 11.6 Å². The molecular weight excluding hydrogens is 234 g/mol. The lowest BCUT2D eigenvalue weighted by Crippen LogP contribution is -2.24. The topological polar surface area (TPSA) is 42.2 Å². The van der Waals surface area contributed by atoms with Crippen molar-refractivity contribution in [1.82, 2.24) is 5.32 Å². The van der Waals surface area contributed by atoms with Gasteiger partial charge in [-0.15, -0.1) is 0 Å². The maximum atomic E-state index is 11.5. The SMILES string of the molecule is CSCCCCNC(=O)c1ccoc1Cl. The molecule has 1 aromatic heterocycles. The molecule has 1 aromatic rings. The first-order valence-electron chi connectivity index (χ1n) is 4.76. The molecule has 1 amide bonds. The molecule has 0 saturated heterocycles. The van der Waals surface area contributed by atoms with Crippen LogP contribution in [0.1, 0.15) is 23.2 Å². The second-order valence-electron chi connectivity index (χ2n) is 3.06. The van der Waals surface area contributed by atoms with E-state index in [4.69, 9.17) is 16.0 Å². The van der Waals surface area contributed by atoms with Crippen molar-refractivity contribution in [3.05, 3.63) is 23.1 Å². The molecule has 1 N–H and O–H groups in total. The molecule has 1 rings (SSSR count). The number of hydrogen-bond acceptors (Lipinski definition) is 3. The van der Waals surface area contributed by atoms with E-state index >= 15 is 0 Å². The standard InChI is InChI=1S/C10H14ClNO2S/c1-15-7-3-2-5-12-10(13)8-4-6-14-9(8)11/h4,6H,2-3,5,7H2,1H3,(H,12,13). The van der Waals surface area contributed by atoms with E-state index in [0.29, 0.717) is 12.1 Å². The van der Waals surface area contributed by atoms with Gasteiger partial charge in [-0.1, -0.05) is 0 Å². The normalized spacial score (nSPS) is 10.3. The number of amides is 1. The Morgan fingerprint density at radius 2 is 2.40 bits per heavy atom. The lowest BCUT2D eigenvalue weighted by molar-refractivity contribution is 0.0953. The Balaban J connectivity index is 2.22. The molecule has 0 aliphatic heterocycles. The summed E-state index contributed by atoms with van der Waals surface area (Å²) < 4.78 is 4.83. The van der Waals surface area contributed by atoms with Crippen LogP contribution in [0, 0.1) is 0 Å². The second-order valence-corrected chi connectivity index (χ2v) is 4.39. The third-order valence-electron chi connectivity index (χ3n) is 1.92. The number of furan rings is 1. The monoisotopic (exact) mass is 247 g/mol. The van der Waals surface area contributed by atoms with Crippen LogP contribution in [0.3, 0.4) is 0 Å². The van der Waals surface area contributed by atoms with Crippen molar-refractivity contribution in [2.45, 2.75) is 12.8 Å². The Morgan fingerprint density at radius 1 is 1.60 bits per heavy atom. The van der Waals surface area contributed by atoms with Crippen LogP contribution in [0.15, 0.2) is 16.7 Å². The van der Waals surface area contributed by atoms with Crippen LogP contribution in [0.2, 0.25) is 5.22 Å². The summed E-state index contributed by atoms with van der Waals surface area (Å²) in [6, 6.07) is 1.57. The molecular formula is C10H14ClNO2S. The van der Waals surface area contributed by atoms with E-state index in [1.807, 2.05) is 11.8 Å². The molecule has 0 saturated carbocycles. The van der Waals surface area contributed by atoms with Gasteiger partial charge in [0.1, 0.15) is 0 Å². The quantitative estimate of drug-likeness (QED) is 0.786. The van der Waals surface area contributed by atoms with Gasteiger partial charge in [0.05, 0.1) is 11.8 Å². The summed E-state index contributed by atoms with van der Waals surface area (Å²) in [5, 5.41) is 2.94. The predicted octanol–water partition coefficient (Wildman–Crippen LogP) is 2.81. The van der Waals surface area contributed by atoms with E-state index in [1.54, 1.807) is 6.07 Å². The molecule has 0 bridgehead atoms. The van der Waals surface area contributed by atoms with Crippen molar-refractivity contribution < 1.29 is 9.21 Å². The van der Waals surface area contributed by atoms with Crippen LogP contribution in [0.25, 0.3) is 0 Å². The van der Waals surface area contributed by atoms with Gasteiger partial charge in [-0.3, -0.25) is 4.79 Å². The van der Waals surface area contributed by atoms with E-state index < -0.39 is 0 Å². The smallest absolute Gasteiger partial charge is 0.256 e. The molecule has 0 atom stereocenters. The Kier molecular flexibility index (Phi) is 5.65. The molecule has 0 aliphatic carbocycles. The summed E-state index contributed by atoms with van der Waals surface area (Å²) in [6.07, 6.45) is 5.58. The van der Waals surface area contributed by atoms with Crippen molar-refractivity contribution in [2.24, 2.45) is 0 Å². The summed E-state index contributed by atoms with van der Waals surface area (Å²) in [6.45, 7) is 0.681. The van der Waals surface area contributed by atoms with Crippen molar-refractivity contribution >= 4 is 29.3 Å². The van der Waals surface area contributed by atoms with Gasteiger partial charge in [0, 0.05) is 6.54 Å². The predicted molar refractivity (Wildman–Crippen MR) is 63.7 cm³/mol. The molecule has 5 heteroatoms. The lowest BCUT2D eigenvalue weighted by Gasteiger charge is -2.02. The summed E-state index contributed by atoms with van der Waals surface area (Å²) in [5.41, 5.74) is 0.404. The highest BCUT2D eigenvalue weighted by Gasteiger charge is 2.11. The van der Waals surface area contributed by atoms with Crippen LogP contribution in [-0.4, -0.2) is 24.5 Å². The van der Waals surface area contributed by atoms with Crippen molar-refractivity contribution in [3.63, 3.8) is 0 Å². The maximum absolute atomic E-state index is 11.5. The highest BCUT2D eigenvalue weighted by atomic mass is 35.5. The van der Waals surface area contributed by atoms with Crippen molar-refractivity contribution in [3.8, 4) is 0 Å². The zero-order valence-electron chi connectivity index (χ0n) is 8.59. The molecule has 0 radical (unpaired) electrons. The van der Waals surface area contributed by atoms with E-state index in [0.717, 1.165) is 18.6 Å². The first-order chi connectivity index (χ1) is 7.25. The second kappa shape index (κ2) is 6.80. The van der Waals surface area contributed by atoms with Gasteiger partial charge in [0.25, 0.3) is 5.91 Å². The Bertz CT molecular complexity index is 314. The van der Waals surface area contributed by atoms with E-state index in [1.165, 1.54) is 6.26 Å². The van der Waals surface area contributed by atoms with Gasteiger partial charge < -0.3 is 9.73 Å². The highest BCUT2D eigenvalue weighted by Crippen LogP contribution is 2.16. The minimum Gasteiger partial charge on any atom is -0.452 e. The molecule has 1 heterocycles. The zero-order chi connectivity index (χ0) is 11.1. The number of hydrogen-bond donors (Lipinski definition) is 1. The zero-order valence-corrected chi connectivity index (χ0v) is 10.2. The summed E-state index contributed by atoms with van der Waals surface area (Å²) >= 11 is 7.48. The fourth-order valence-corrected chi connectivity index (χ4v) is 1.82. The number of carbonyl (C=O) groups is 1. The summed E-state index contributed by atoms with van der Waals surface area (Å²) in [7, 11) is 0. The number of thioether (sulfide) groups is 1. The van der Waals surface area contributed by atoms with Gasteiger partial charge in [-0.25, -0.2) is 0 Å². The van der Waals surface area contributed by atoms with E-state index in [9.17, 15) is 4.79 Å². The average molecular weight is 248 g/mol. The number of nitrogens with one attached hydrogen (secondary N) is 1. The minimum absolute atomic E-state index is 0.150. The summed E-state index contributed by atoms with van der Waals surface area (Å²) in [4.78, 5) is 11.5. The Labute approximate surface area is 98.6 Å². The van der Waals surface area contributed by atoms with Gasteiger partial charge in [-0.2, -0.15) is 11.8 Å². The van der Waals surface area contributed by atoms with Gasteiger partial charge in [-0.05, 0) is 42.5 Å². The molecule has 0 aliphatic rings. The molecule has 84 valence electrons. The Hall–Kier alpha value is -0.610. The maximum Gasteiger partial charge on any atom is 0.256 e. The number of carbonyl (C=O) groups excluding carboxylic acids is 1. The van der Waals surface area contributed by atoms with E-state index in [-0.39, 0.29) is 11.1 Å². The fraction of sp³-hybridized carbons (Fsp3) is 0.500. The van der Waals surface area contributed by atoms with Crippen LogP contribution >= 0.6 is 23.4 Å².